The lowest BCUT2D eigenvalue weighted by Crippen LogP contribution is -2.33. The molecule has 0 radical (unpaired) electrons. The van der Waals surface area contributed by atoms with E-state index in [0.29, 0.717) is 24.3 Å². The van der Waals surface area contributed by atoms with Gasteiger partial charge in [-0.2, -0.15) is 0 Å². The minimum Gasteiger partial charge on any atom is -0.493 e. The Hall–Kier alpha value is -1.92. The van der Waals surface area contributed by atoms with Crippen LogP contribution in [0.5, 0.6) is 5.75 Å². The van der Waals surface area contributed by atoms with Gasteiger partial charge in [-0.3, -0.25) is 0 Å². The topological polar surface area (TPSA) is 55.4 Å². The summed E-state index contributed by atoms with van der Waals surface area (Å²) < 4.78 is 45.7. The Bertz CT molecular complexity index is 759. The summed E-state index contributed by atoms with van der Waals surface area (Å²) in [5, 5.41) is 0. The van der Waals surface area contributed by atoms with Crippen LogP contribution in [0, 0.1) is 5.82 Å². The first-order valence-corrected chi connectivity index (χ1v) is 8.65. The van der Waals surface area contributed by atoms with Gasteiger partial charge in [0.15, 0.2) is 0 Å². The van der Waals surface area contributed by atoms with Crippen molar-refractivity contribution >= 4 is 10.0 Å². The average molecular weight is 321 g/mol. The van der Waals surface area contributed by atoms with E-state index < -0.39 is 10.0 Å². The molecule has 0 spiro atoms. The first-order valence-electron chi connectivity index (χ1n) is 7.00. The van der Waals surface area contributed by atoms with E-state index in [1.165, 1.54) is 24.3 Å². The second-order valence-corrected chi connectivity index (χ2v) is 6.98. The number of fused-ring (bicyclic) bond motifs is 1. The maximum absolute atomic E-state index is 12.9. The highest BCUT2D eigenvalue weighted by Gasteiger charge is 2.25. The standard InChI is InChI=1S/C16H16FNO3S/c17-13-7-5-12(6-8-13)11-22(19,20)18-15-9-10-21-16-4-2-1-3-14(15)16/h1-8,15,18H,9-11H2/t15-/m1/s1. The Morgan fingerprint density at radius 1 is 1.14 bits per heavy atom. The highest BCUT2D eigenvalue weighted by atomic mass is 32.2. The summed E-state index contributed by atoms with van der Waals surface area (Å²) in [6.45, 7) is 0.473. The third-order valence-corrected chi connectivity index (χ3v) is 4.91. The molecule has 116 valence electrons. The lowest BCUT2D eigenvalue weighted by atomic mass is 10.0. The highest BCUT2D eigenvalue weighted by Crippen LogP contribution is 2.32. The second kappa shape index (κ2) is 6.06. The van der Waals surface area contributed by atoms with E-state index in [9.17, 15) is 12.8 Å². The number of para-hydroxylation sites is 1. The molecule has 2 aromatic carbocycles. The number of sulfonamides is 1. The monoisotopic (exact) mass is 321 g/mol. The van der Waals surface area contributed by atoms with Gasteiger partial charge < -0.3 is 4.74 Å². The fraction of sp³-hybridized carbons (Fsp3) is 0.250. The van der Waals surface area contributed by atoms with E-state index in [-0.39, 0.29) is 17.6 Å². The zero-order chi connectivity index (χ0) is 15.6. The van der Waals surface area contributed by atoms with Crippen molar-refractivity contribution < 1.29 is 17.5 Å². The van der Waals surface area contributed by atoms with Crippen LogP contribution in [-0.2, 0) is 15.8 Å². The number of benzene rings is 2. The molecule has 2 aromatic rings. The maximum Gasteiger partial charge on any atom is 0.216 e. The van der Waals surface area contributed by atoms with Crippen molar-refractivity contribution in [2.24, 2.45) is 0 Å². The molecular formula is C16H16FNO3S. The van der Waals surface area contributed by atoms with Crippen LogP contribution in [0.25, 0.3) is 0 Å². The third-order valence-electron chi connectivity index (χ3n) is 3.55. The molecule has 0 amide bonds. The fourth-order valence-corrected chi connectivity index (χ4v) is 3.92. The van der Waals surface area contributed by atoms with Crippen LogP contribution < -0.4 is 9.46 Å². The SMILES string of the molecule is O=S(=O)(Cc1ccc(F)cc1)N[C@@H]1CCOc2ccccc21. The van der Waals surface area contributed by atoms with Crippen LogP contribution in [0.2, 0.25) is 0 Å². The average Bonchev–Trinajstić information content (AvgIpc) is 2.49. The summed E-state index contributed by atoms with van der Waals surface area (Å²) >= 11 is 0. The Morgan fingerprint density at radius 2 is 1.86 bits per heavy atom. The minimum atomic E-state index is -3.52. The molecule has 0 fully saturated rings. The Labute approximate surface area is 129 Å². The van der Waals surface area contributed by atoms with Crippen molar-refractivity contribution in [3.8, 4) is 5.75 Å². The number of nitrogens with one attached hydrogen (secondary N) is 1. The quantitative estimate of drug-likeness (QED) is 0.942. The van der Waals surface area contributed by atoms with E-state index in [1.54, 1.807) is 0 Å². The van der Waals surface area contributed by atoms with E-state index >= 15 is 0 Å². The van der Waals surface area contributed by atoms with Gasteiger partial charge in [0.25, 0.3) is 0 Å². The van der Waals surface area contributed by atoms with Crippen molar-refractivity contribution in [2.75, 3.05) is 6.61 Å². The van der Waals surface area contributed by atoms with Gasteiger partial charge >= 0.3 is 0 Å². The molecular weight excluding hydrogens is 305 g/mol. The lowest BCUT2D eigenvalue weighted by Gasteiger charge is -2.26. The zero-order valence-electron chi connectivity index (χ0n) is 11.8. The largest absolute Gasteiger partial charge is 0.493 e. The van der Waals surface area contributed by atoms with Gasteiger partial charge in [0, 0.05) is 12.0 Å². The molecule has 1 heterocycles. The first kappa shape index (κ1) is 15.0. The maximum atomic E-state index is 12.9. The number of ether oxygens (including phenoxy) is 1. The molecule has 3 rings (SSSR count). The molecule has 0 aromatic heterocycles. The zero-order valence-corrected chi connectivity index (χ0v) is 12.6. The minimum absolute atomic E-state index is 0.174. The summed E-state index contributed by atoms with van der Waals surface area (Å²) in [6, 6.07) is 12.6. The fourth-order valence-electron chi connectivity index (χ4n) is 2.52. The molecule has 22 heavy (non-hydrogen) atoms. The summed E-state index contributed by atoms with van der Waals surface area (Å²) in [4.78, 5) is 0. The first-order chi connectivity index (χ1) is 10.5. The molecule has 1 aliphatic heterocycles. The van der Waals surface area contributed by atoms with Crippen molar-refractivity contribution in [2.45, 2.75) is 18.2 Å². The van der Waals surface area contributed by atoms with Crippen LogP contribution >= 0.6 is 0 Å². The van der Waals surface area contributed by atoms with E-state index in [4.69, 9.17) is 4.74 Å². The van der Waals surface area contributed by atoms with Crippen molar-refractivity contribution in [3.05, 3.63) is 65.5 Å². The van der Waals surface area contributed by atoms with E-state index in [2.05, 4.69) is 4.72 Å². The Balaban J connectivity index is 1.76. The van der Waals surface area contributed by atoms with Gasteiger partial charge in [-0.1, -0.05) is 30.3 Å². The number of rotatable bonds is 4. The molecule has 6 heteroatoms. The Morgan fingerprint density at radius 3 is 2.64 bits per heavy atom. The summed E-state index contributed by atoms with van der Waals surface area (Å²) in [5.74, 6) is 0.156. The van der Waals surface area contributed by atoms with Crippen LogP contribution in [0.4, 0.5) is 4.39 Å². The molecule has 1 atom stereocenters. The van der Waals surface area contributed by atoms with Gasteiger partial charge in [0.05, 0.1) is 18.4 Å². The predicted octanol–water partition coefficient (Wildman–Crippen LogP) is 2.77. The highest BCUT2D eigenvalue weighted by molar-refractivity contribution is 7.88. The molecule has 1 N–H and O–H groups in total. The van der Waals surface area contributed by atoms with Crippen molar-refractivity contribution in [1.82, 2.24) is 4.72 Å². The van der Waals surface area contributed by atoms with Crippen LogP contribution in [-0.4, -0.2) is 15.0 Å². The van der Waals surface area contributed by atoms with Gasteiger partial charge in [-0.05, 0) is 23.8 Å². The summed E-state index contributed by atoms with van der Waals surface area (Å²) in [7, 11) is -3.52. The molecule has 4 nitrogen and oxygen atoms in total. The number of halogens is 1. The van der Waals surface area contributed by atoms with Crippen molar-refractivity contribution in [3.63, 3.8) is 0 Å². The van der Waals surface area contributed by atoms with Crippen LogP contribution in [0.15, 0.2) is 48.5 Å². The van der Waals surface area contributed by atoms with Crippen LogP contribution in [0.3, 0.4) is 0 Å². The van der Waals surface area contributed by atoms with Crippen molar-refractivity contribution in [1.29, 1.82) is 0 Å². The van der Waals surface area contributed by atoms with Crippen LogP contribution in [0.1, 0.15) is 23.6 Å². The molecule has 0 unspecified atom stereocenters. The summed E-state index contributed by atoms with van der Waals surface area (Å²) in [6.07, 6.45) is 0.583. The van der Waals surface area contributed by atoms with Gasteiger partial charge in [-0.15, -0.1) is 0 Å². The van der Waals surface area contributed by atoms with E-state index in [0.717, 1.165) is 5.56 Å². The van der Waals surface area contributed by atoms with Gasteiger partial charge in [0.1, 0.15) is 11.6 Å². The molecule has 0 bridgehead atoms. The van der Waals surface area contributed by atoms with Gasteiger partial charge in [-0.25, -0.2) is 17.5 Å². The van der Waals surface area contributed by atoms with Gasteiger partial charge in [0.2, 0.25) is 10.0 Å². The third kappa shape index (κ3) is 3.45. The number of hydrogen-bond donors (Lipinski definition) is 1. The predicted molar refractivity (Wildman–Crippen MR) is 81.5 cm³/mol. The lowest BCUT2D eigenvalue weighted by molar-refractivity contribution is 0.263. The Kier molecular flexibility index (Phi) is 4.13. The molecule has 0 saturated carbocycles. The van der Waals surface area contributed by atoms with E-state index in [1.807, 2.05) is 24.3 Å². The normalized spacial score (nSPS) is 17.6. The molecule has 0 saturated heterocycles. The number of hydrogen-bond acceptors (Lipinski definition) is 3. The molecule has 0 aliphatic carbocycles. The molecule has 1 aliphatic rings. The second-order valence-electron chi connectivity index (χ2n) is 5.23. The smallest absolute Gasteiger partial charge is 0.216 e. The summed E-state index contributed by atoms with van der Waals surface area (Å²) in [5.41, 5.74) is 1.39.